The Morgan fingerprint density at radius 3 is 2.30 bits per heavy atom. The molecule has 0 bridgehead atoms. The fourth-order valence-electron chi connectivity index (χ4n) is 2.09. The molecule has 0 fully saturated rings. The molecule has 0 heterocycles. The molecule has 20 heavy (non-hydrogen) atoms. The summed E-state index contributed by atoms with van der Waals surface area (Å²) >= 11 is 0. The van der Waals surface area contributed by atoms with E-state index in [9.17, 15) is 15.0 Å². The minimum Gasteiger partial charge on any atom is -0.508 e. The van der Waals surface area contributed by atoms with Gasteiger partial charge in [0, 0.05) is 17.5 Å². The summed E-state index contributed by atoms with van der Waals surface area (Å²) < 4.78 is 0. The van der Waals surface area contributed by atoms with Gasteiger partial charge >= 0.3 is 0 Å². The summed E-state index contributed by atoms with van der Waals surface area (Å²) in [5, 5.41) is 19.7. The predicted octanol–water partition coefficient (Wildman–Crippen LogP) is 2.94. The average Bonchev–Trinajstić information content (AvgIpc) is 2.40. The van der Waals surface area contributed by atoms with Gasteiger partial charge in [-0.2, -0.15) is 0 Å². The molecule has 0 atom stereocenters. The summed E-state index contributed by atoms with van der Waals surface area (Å²) in [7, 11) is 0. The number of ketones is 1. The first-order valence-corrected chi connectivity index (χ1v) is 6.51. The van der Waals surface area contributed by atoms with E-state index in [0.717, 1.165) is 0 Å². The number of benzene rings is 2. The van der Waals surface area contributed by atoms with E-state index in [-0.39, 0.29) is 18.0 Å². The lowest BCUT2D eigenvalue weighted by Crippen LogP contribution is -2.22. The number of rotatable bonds is 4. The van der Waals surface area contributed by atoms with Crippen LogP contribution in [0.3, 0.4) is 0 Å². The van der Waals surface area contributed by atoms with Gasteiger partial charge in [-0.15, -0.1) is 0 Å². The van der Waals surface area contributed by atoms with Gasteiger partial charge in [0.25, 0.3) is 0 Å². The maximum atomic E-state index is 12.3. The fraction of sp³-hybridized carbons (Fsp3) is 0.235. The van der Waals surface area contributed by atoms with Crippen molar-refractivity contribution < 1.29 is 15.0 Å². The summed E-state index contributed by atoms with van der Waals surface area (Å²) in [6.07, 6.45) is 0.286. The third-order valence-electron chi connectivity index (χ3n) is 3.00. The Morgan fingerprint density at radius 1 is 1.05 bits per heavy atom. The zero-order valence-electron chi connectivity index (χ0n) is 11.6. The van der Waals surface area contributed by atoms with E-state index in [0.29, 0.717) is 16.7 Å². The molecule has 2 aromatic carbocycles. The minimum atomic E-state index is -0.939. The first kappa shape index (κ1) is 14.3. The van der Waals surface area contributed by atoms with Crippen LogP contribution in [0.25, 0.3) is 0 Å². The lowest BCUT2D eigenvalue weighted by Gasteiger charge is -2.18. The van der Waals surface area contributed by atoms with Crippen molar-refractivity contribution in [1.82, 2.24) is 0 Å². The Morgan fingerprint density at radius 2 is 1.70 bits per heavy atom. The molecule has 2 aromatic rings. The van der Waals surface area contributed by atoms with E-state index < -0.39 is 5.60 Å². The van der Waals surface area contributed by atoms with Crippen molar-refractivity contribution in [3.8, 4) is 5.75 Å². The lowest BCUT2D eigenvalue weighted by atomic mass is 9.94. The standard InChI is InChI=1S/C17H18O3/c1-17(2,20)11-14-10-13(8-9-15(14)18)16(19)12-6-4-3-5-7-12/h3-10,18,20H,11H2,1-2H3. The Balaban J connectivity index is 2.34. The smallest absolute Gasteiger partial charge is 0.193 e. The average molecular weight is 270 g/mol. The van der Waals surface area contributed by atoms with Gasteiger partial charge in [0.1, 0.15) is 5.75 Å². The zero-order chi connectivity index (χ0) is 14.8. The van der Waals surface area contributed by atoms with Crippen LogP contribution >= 0.6 is 0 Å². The summed E-state index contributed by atoms with van der Waals surface area (Å²) in [5.41, 5.74) is 0.742. The Bertz CT molecular complexity index is 610. The van der Waals surface area contributed by atoms with Gasteiger partial charge in [-0.1, -0.05) is 30.3 Å². The quantitative estimate of drug-likeness (QED) is 0.840. The molecular weight excluding hydrogens is 252 g/mol. The topological polar surface area (TPSA) is 57.5 Å². The molecule has 3 heteroatoms. The monoisotopic (exact) mass is 270 g/mol. The number of hydrogen-bond acceptors (Lipinski definition) is 3. The molecule has 0 amide bonds. The van der Waals surface area contributed by atoms with Crippen LogP contribution in [-0.4, -0.2) is 21.6 Å². The second-order valence-electron chi connectivity index (χ2n) is 5.53. The SMILES string of the molecule is CC(C)(O)Cc1cc(C(=O)c2ccccc2)ccc1O. The van der Waals surface area contributed by atoms with Gasteiger partial charge in [-0.3, -0.25) is 4.79 Å². The fourth-order valence-corrected chi connectivity index (χ4v) is 2.09. The van der Waals surface area contributed by atoms with Crippen LogP contribution in [0.5, 0.6) is 5.75 Å². The number of aromatic hydroxyl groups is 1. The Kier molecular flexibility index (Phi) is 3.91. The number of aliphatic hydroxyl groups is 1. The van der Waals surface area contributed by atoms with Gasteiger partial charge in [0.2, 0.25) is 0 Å². The summed E-state index contributed by atoms with van der Waals surface area (Å²) in [4.78, 5) is 12.3. The third kappa shape index (κ3) is 3.45. The van der Waals surface area contributed by atoms with E-state index >= 15 is 0 Å². The van der Waals surface area contributed by atoms with Crippen molar-refractivity contribution in [3.63, 3.8) is 0 Å². The maximum Gasteiger partial charge on any atom is 0.193 e. The van der Waals surface area contributed by atoms with Gasteiger partial charge in [-0.25, -0.2) is 0 Å². The van der Waals surface area contributed by atoms with Crippen LogP contribution in [0.15, 0.2) is 48.5 Å². The van der Waals surface area contributed by atoms with Gasteiger partial charge in [-0.05, 0) is 37.6 Å². The summed E-state index contributed by atoms with van der Waals surface area (Å²) in [5.74, 6) is -0.000618. The molecule has 2 rings (SSSR count). The molecule has 0 spiro atoms. The molecule has 0 saturated carbocycles. The van der Waals surface area contributed by atoms with Crippen molar-refractivity contribution in [3.05, 3.63) is 65.2 Å². The highest BCUT2D eigenvalue weighted by Crippen LogP contribution is 2.24. The number of phenols is 1. The maximum absolute atomic E-state index is 12.3. The molecule has 0 aliphatic carbocycles. The molecule has 0 radical (unpaired) electrons. The first-order chi connectivity index (χ1) is 9.37. The molecule has 0 aliphatic heterocycles. The van der Waals surface area contributed by atoms with Crippen molar-refractivity contribution in [2.45, 2.75) is 25.9 Å². The molecule has 0 unspecified atom stereocenters. The van der Waals surface area contributed by atoms with Crippen molar-refractivity contribution in [2.24, 2.45) is 0 Å². The van der Waals surface area contributed by atoms with Crippen molar-refractivity contribution >= 4 is 5.78 Å². The molecule has 104 valence electrons. The number of carbonyl (C=O) groups excluding carboxylic acids is 1. The number of phenolic OH excluding ortho intramolecular Hbond substituents is 1. The molecule has 0 aliphatic rings. The highest BCUT2D eigenvalue weighted by atomic mass is 16.3. The molecule has 2 N–H and O–H groups in total. The normalized spacial score (nSPS) is 11.3. The second-order valence-corrected chi connectivity index (χ2v) is 5.53. The van der Waals surface area contributed by atoms with Crippen molar-refractivity contribution in [1.29, 1.82) is 0 Å². The van der Waals surface area contributed by atoms with E-state index in [1.54, 1.807) is 38.1 Å². The highest BCUT2D eigenvalue weighted by molar-refractivity contribution is 6.09. The molecule has 3 nitrogen and oxygen atoms in total. The summed E-state index contributed by atoms with van der Waals surface area (Å²) in [6, 6.07) is 13.7. The predicted molar refractivity (Wildman–Crippen MR) is 78.0 cm³/mol. The van der Waals surface area contributed by atoms with Crippen LogP contribution in [-0.2, 0) is 6.42 Å². The van der Waals surface area contributed by atoms with Gasteiger partial charge in [0.05, 0.1) is 5.60 Å². The van der Waals surface area contributed by atoms with Gasteiger partial charge < -0.3 is 10.2 Å². The number of hydrogen-bond donors (Lipinski definition) is 2. The second kappa shape index (κ2) is 5.47. The van der Waals surface area contributed by atoms with E-state index in [2.05, 4.69) is 0 Å². The van der Waals surface area contributed by atoms with Crippen molar-refractivity contribution in [2.75, 3.05) is 0 Å². The third-order valence-corrected chi connectivity index (χ3v) is 3.00. The van der Waals surface area contributed by atoms with Crippen LogP contribution in [0, 0.1) is 0 Å². The number of carbonyl (C=O) groups is 1. The Hall–Kier alpha value is -2.13. The van der Waals surface area contributed by atoms with E-state index in [1.165, 1.54) is 6.07 Å². The molecule has 0 saturated heterocycles. The van der Waals surface area contributed by atoms with Gasteiger partial charge in [0.15, 0.2) is 5.78 Å². The zero-order valence-corrected chi connectivity index (χ0v) is 11.6. The van der Waals surface area contributed by atoms with Crippen LogP contribution in [0.2, 0.25) is 0 Å². The van der Waals surface area contributed by atoms with Crippen LogP contribution < -0.4 is 0 Å². The Labute approximate surface area is 118 Å². The largest absolute Gasteiger partial charge is 0.508 e. The minimum absolute atomic E-state index is 0.0942. The lowest BCUT2D eigenvalue weighted by molar-refractivity contribution is 0.0801. The van der Waals surface area contributed by atoms with E-state index in [4.69, 9.17) is 0 Å². The molecule has 0 aromatic heterocycles. The summed E-state index contributed by atoms with van der Waals surface area (Å²) in [6.45, 7) is 3.33. The highest BCUT2D eigenvalue weighted by Gasteiger charge is 2.18. The van der Waals surface area contributed by atoms with E-state index in [1.807, 2.05) is 18.2 Å². The van der Waals surface area contributed by atoms with Crippen LogP contribution in [0.4, 0.5) is 0 Å². The first-order valence-electron chi connectivity index (χ1n) is 6.51. The molecular formula is C17H18O3. The van der Waals surface area contributed by atoms with Crippen LogP contribution in [0.1, 0.15) is 35.3 Å².